The van der Waals surface area contributed by atoms with Crippen LogP contribution in [-0.2, 0) is 17.6 Å². The zero-order valence-electron chi connectivity index (χ0n) is 23.2. The van der Waals surface area contributed by atoms with E-state index in [-0.39, 0.29) is 29.6 Å². The van der Waals surface area contributed by atoms with Crippen LogP contribution in [0.5, 0.6) is 11.5 Å². The van der Waals surface area contributed by atoms with E-state index in [0.29, 0.717) is 48.7 Å². The van der Waals surface area contributed by atoms with Crippen molar-refractivity contribution in [2.75, 3.05) is 18.1 Å². The van der Waals surface area contributed by atoms with Crippen LogP contribution in [0.1, 0.15) is 86.8 Å². The molecule has 7 atom stereocenters. The van der Waals surface area contributed by atoms with Crippen LogP contribution in [0, 0.1) is 17.3 Å². The Morgan fingerprint density at radius 2 is 1.77 bits per heavy atom. The third kappa shape index (κ3) is 6.44. The van der Waals surface area contributed by atoms with Crippen molar-refractivity contribution in [2.24, 2.45) is 17.3 Å². The number of aryl methyl sites for hydroxylation is 1. The summed E-state index contributed by atoms with van der Waals surface area (Å²) in [5.41, 5.74) is 3.74. The smallest absolute Gasteiger partial charge is 0.389 e. The molecular formula is C32H41F3O4S. The number of unbranched alkanes of at least 4 members (excludes halogenated alkanes) is 1. The van der Waals surface area contributed by atoms with Crippen LogP contribution in [0.4, 0.5) is 13.2 Å². The summed E-state index contributed by atoms with van der Waals surface area (Å²) in [6, 6.07) is 14.1. The summed E-state index contributed by atoms with van der Waals surface area (Å²) in [4.78, 5) is 0. The van der Waals surface area contributed by atoms with Crippen LogP contribution in [0.25, 0.3) is 0 Å². The molecule has 2 saturated carbocycles. The lowest BCUT2D eigenvalue weighted by Crippen LogP contribution is -2.47. The predicted molar refractivity (Wildman–Crippen MR) is 151 cm³/mol. The molecule has 1 unspecified atom stereocenters. The summed E-state index contributed by atoms with van der Waals surface area (Å²) < 4.78 is 54.6. The second kappa shape index (κ2) is 12.1. The fraction of sp³-hybridized carbons (Fsp3) is 0.625. The Balaban J connectivity index is 1.20. The number of benzene rings is 2. The molecule has 0 spiro atoms. The van der Waals surface area contributed by atoms with Crippen LogP contribution in [0.15, 0.2) is 42.5 Å². The van der Waals surface area contributed by atoms with E-state index in [1.165, 1.54) is 16.7 Å². The number of rotatable bonds is 10. The van der Waals surface area contributed by atoms with Crippen molar-refractivity contribution in [1.29, 1.82) is 0 Å². The second-order valence-electron chi connectivity index (χ2n) is 12.3. The van der Waals surface area contributed by atoms with Crippen molar-refractivity contribution in [3.8, 4) is 11.5 Å². The number of ether oxygens (including phenoxy) is 1. The third-order valence-electron chi connectivity index (χ3n) is 9.84. The fourth-order valence-corrected chi connectivity index (χ4v) is 9.09. The van der Waals surface area contributed by atoms with E-state index in [1.807, 2.05) is 24.3 Å². The van der Waals surface area contributed by atoms with Gasteiger partial charge in [0.25, 0.3) is 0 Å². The Morgan fingerprint density at radius 3 is 2.52 bits per heavy atom. The summed E-state index contributed by atoms with van der Waals surface area (Å²) in [5, 5.41) is 21.2. The first kappa shape index (κ1) is 29.6. The van der Waals surface area contributed by atoms with Crippen molar-refractivity contribution in [3.05, 3.63) is 59.2 Å². The Labute approximate surface area is 238 Å². The zero-order valence-corrected chi connectivity index (χ0v) is 24.0. The molecule has 0 saturated heterocycles. The normalized spacial score (nSPS) is 30.3. The van der Waals surface area contributed by atoms with Gasteiger partial charge >= 0.3 is 6.18 Å². The van der Waals surface area contributed by atoms with Crippen molar-refractivity contribution < 1.29 is 32.7 Å². The van der Waals surface area contributed by atoms with E-state index in [2.05, 4.69) is 25.1 Å². The molecule has 2 fully saturated rings. The molecule has 3 aliphatic rings. The summed E-state index contributed by atoms with van der Waals surface area (Å²) >= 11 is -1.22. The number of aromatic hydroxyl groups is 1. The van der Waals surface area contributed by atoms with Gasteiger partial charge in [-0.05, 0) is 115 Å². The molecule has 0 amide bonds. The molecule has 40 heavy (non-hydrogen) atoms. The monoisotopic (exact) mass is 578 g/mol. The van der Waals surface area contributed by atoms with Gasteiger partial charge in [-0.15, -0.1) is 0 Å². The average Bonchev–Trinajstić information content (AvgIpc) is 3.21. The lowest BCUT2D eigenvalue weighted by atomic mass is 9.51. The second-order valence-corrected chi connectivity index (χ2v) is 14.0. The van der Waals surface area contributed by atoms with Gasteiger partial charge < -0.3 is 19.5 Å². The minimum atomic E-state index is -4.19. The van der Waals surface area contributed by atoms with Gasteiger partial charge in [0.1, 0.15) is 23.0 Å². The summed E-state index contributed by atoms with van der Waals surface area (Å²) in [7, 11) is 0. The molecule has 0 aliphatic heterocycles. The Bertz CT molecular complexity index is 1140. The van der Waals surface area contributed by atoms with E-state index in [1.54, 1.807) is 0 Å². The maximum Gasteiger partial charge on any atom is 0.389 e. The highest BCUT2D eigenvalue weighted by molar-refractivity contribution is 7.91. The minimum absolute atomic E-state index is 0.0889. The lowest BCUT2D eigenvalue weighted by molar-refractivity contribution is -0.134. The lowest BCUT2D eigenvalue weighted by Gasteiger charge is -2.54. The first-order chi connectivity index (χ1) is 19.0. The summed E-state index contributed by atoms with van der Waals surface area (Å²) in [6.07, 6.45) is 0.844. The number of phenolic OH excluding ortho intramolecular Hbond substituents is 1. The number of hydrogen-bond donors (Lipinski definition) is 2. The van der Waals surface area contributed by atoms with E-state index < -0.39 is 23.8 Å². The number of hydrogen-bond acceptors (Lipinski definition) is 4. The van der Waals surface area contributed by atoms with Gasteiger partial charge in [-0.2, -0.15) is 13.2 Å². The molecule has 8 heteroatoms. The van der Waals surface area contributed by atoms with Crippen molar-refractivity contribution >= 4 is 11.2 Å². The van der Waals surface area contributed by atoms with Gasteiger partial charge in [-0.1, -0.05) is 36.3 Å². The van der Waals surface area contributed by atoms with E-state index in [0.717, 1.165) is 37.9 Å². The fourth-order valence-electron chi connectivity index (χ4n) is 7.90. The van der Waals surface area contributed by atoms with Crippen molar-refractivity contribution in [3.63, 3.8) is 0 Å². The largest absolute Gasteiger partial charge is 0.616 e. The molecule has 0 heterocycles. The molecule has 0 aromatic heterocycles. The molecule has 2 N–H and O–H groups in total. The van der Waals surface area contributed by atoms with Gasteiger partial charge in [-0.25, -0.2) is 0 Å². The van der Waals surface area contributed by atoms with Gasteiger partial charge in [0.15, 0.2) is 0 Å². The highest BCUT2D eigenvalue weighted by Crippen LogP contribution is 2.65. The van der Waals surface area contributed by atoms with E-state index >= 15 is 0 Å². The molecule has 5 rings (SSSR count). The Kier molecular flexibility index (Phi) is 8.98. The average molecular weight is 579 g/mol. The van der Waals surface area contributed by atoms with Crippen LogP contribution in [0.2, 0.25) is 0 Å². The predicted octanol–water partition coefficient (Wildman–Crippen LogP) is 7.25. The third-order valence-corrected chi connectivity index (χ3v) is 11.3. The maximum absolute atomic E-state index is 12.2. The molecule has 2 aromatic rings. The van der Waals surface area contributed by atoms with Gasteiger partial charge in [-0.3, -0.25) is 0 Å². The molecule has 0 bridgehead atoms. The van der Waals surface area contributed by atoms with Crippen LogP contribution in [-0.4, -0.2) is 45.2 Å². The Morgan fingerprint density at radius 1 is 1.02 bits per heavy atom. The van der Waals surface area contributed by atoms with E-state index in [4.69, 9.17) is 4.74 Å². The summed E-state index contributed by atoms with van der Waals surface area (Å²) in [6.45, 7) is 2.75. The minimum Gasteiger partial charge on any atom is -0.616 e. The summed E-state index contributed by atoms with van der Waals surface area (Å²) in [5.74, 6) is 3.21. The number of aliphatic hydroxyl groups excluding tert-OH is 1. The van der Waals surface area contributed by atoms with Crippen molar-refractivity contribution in [2.45, 2.75) is 88.8 Å². The number of fused-ring (bicyclic) bond motifs is 5. The topological polar surface area (TPSA) is 72.8 Å². The first-order valence-electron chi connectivity index (χ1n) is 14.7. The quantitative estimate of drug-likeness (QED) is 0.230. The molecule has 220 valence electrons. The highest BCUT2D eigenvalue weighted by atomic mass is 32.2. The Hall–Kier alpha value is -1.90. The SMILES string of the molecule is C[C@]12C[C@H](c3ccc(OCCCC[S+]([O-])CCCC(F)(F)F)cc3)[C@@H]3c4ccc(O)cc4CC[C@H]3[C@@H]1CC[C@@H]2O. The molecule has 0 radical (unpaired) electrons. The van der Waals surface area contributed by atoms with Gasteiger partial charge in [0.05, 0.1) is 12.7 Å². The van der Waals surface area contributed by atoms with Crippen molar-refractivity contribution in [1.82, 2.24) is 0 Å². The number of phenols is 1. The van der Waals surface area contributed by atoms with Gasteiger partial charge in [0.2, 0.25) is 0 Å². The molecule has 2 aromatic carbocycles. The molecular weight excluding hydrogens is 537 g/mol. The van der Waals surface area contributed by atoms with Crippen LogP contribution >= 0.6 is 0 Å². The standard InChI is InChI=1S/C32H41F3O4S/c1-31-20-27(30-25-12-8-23(36)19-22(25)7-11-26(30)28(31)13-14-29(31)37)21-5-9-24(10-6-21)39-16-2-3-17-40(38)18-4-15-32(33,34)35/h5-6,8-10,12,19,26-30,36-37H,2-4,7,11,13-18,20H2,1H3/t26-,27+,28-,29-,30+,31-,40?/m0/s1. The highest BCUT2D eigenvalue weighted by Gasteiger charge is 2.57. The van der Waals surface area contributed by atoms with Crippen LogP contribution in [0.3, 0.4) is 0 Å². The number of aliphatic hydroxyl groups is 1. The maximum atomic E-state index is 12.2. The van der Waals surface area contributed by atoms with Crippen LogP contribution < -0.4 is 4.74 Å². The number of halogens is 3. The van der Waals surface area contributed by atoms with Gasteiger partial charge in [0, 0.05) is 12.8 Å². The molecule has 4 nitrogen and oxygen atoms in total. The zero-order chi connectivity index (χ0) is 28.5. The number of alkyl halides is 3. The molecule has 3 aliphatic carbocycles. The van der Waals surface area contributed by atoms with E-state index in [9.17, 15) is 27.9 Å². The first-order valence-corrected chi connectivity index (χ1v) is 16.2.